The average Bonchev–Trinajstić information content (AvgIpc) is 2.48. The summed E-state index contributed by atoms with van der Waals surface area (Å²) >= 11 is 0. The van der Waals surface area contributed by atoms with Gasteiger partial charge in [0.15, 0.2) is 0 Å². The molecule has 5 nitrogen and oxygen atoms in total. The number of piperidine rings is 2. The zero-order valence-corrected chi connectivity index (χ0v) is 12.1. The van der Waals surface area contributed by atoms with Crippen molar-refractivity contribution in [3.05, 3.63) is 0 Å². The molecule has 0 spiro atoms. The number of nitrogens with one attached hydrogen (secondary N) is 1. The highest BCUT2D eigenvalue weighted by molar-refractivity contribution is 5.85. The molecule has 0 saturated carbocycles. The Morgan fingerprint density at radius 2 is 2.16 bits per heavy atom. The van der Waals surface area contributed by atoms with Crippen molar-refractivity contribution >= 4 is 5.91 Å². The minimum atomic E-state index is -0.612. The van der Waals surface area contributed by atoms with E-state index in [1.165, 1.54) is 0 Å². The fourth-order valence-electron chi connectivity index (χ4n) is 3.12. The average molecular weight is 270 g/mol. The maximum Gasteiger partial charge on any atom is 0.254 e. The highest BCUT2D eigenvalue weighted by atomic mass is 16.5. The van der Waals surface area contributed by atoms with E-state index in [9.17, 15) is 4.79 Å². The number of carbonyl (C=O) groups is 1. The molecule has 0 aromatic heterocycles. The van der Waals surface area contributed by atoms with Gasteiger partial charge >= 0.3 is 0 Å². The van der Waals surface area contributed by atoms with E-state index in [0.717, 1.165) is 45.3 Å². The van der Waals surface area contributed by atoms with Crippen LogP contribution in [0.1, 0.15) is 32.6 Å². The third-order valence-corrected chi connectivity index (χ3v) is 4.26. The normalized spacial score (nSPS) is 27.3. The fourth-order valence-corrected chi connectivity index (χ4v) is 3.12. The second-order valence-electron chi connectivity index (χ2n) is 5.42. The highest BCUT2D eigenvalue weighted by Crippen LogP contribution is 2.27. The summed E-state index contributed by atoms with van der Waals surface area (Å²) in [5.74, 6) is 0.154. The smallest absolute Gasteiger partial charge is 0.254 e. The van der Waals surface area contributed by atoms with E-state index in [1.807, 2.05) is 11.8 Å². The van der Waals surface area contributed by atoms with Gasteiger partial charge in [0.25, 0.3) is 5.91 Å². The van der Waals surface area contributed by atoms with Gasteiger partial charge in [-0.25, -0.2) is 0 Å². The molecule has 1 amide bonds. The van der Waals surface area contributed by atoms with Crippen LogP contribution in [0.25, 0.3) is 0 Å². The van der Waals surface area contributed by atoms with Crippen LogP contribution < -0.4 is 5.32 Å². The van der Waals surface area contributed by atoms with Crippen LogP contribution in [-0.4, -0.2) is 62.4 Å². The number of nitrogens with zero attached hydrogens (tertiary/aromatic N) is 1. The van der Waals surface area contributed by atoms with Crippen molar-refractivity contribution in [1.29, 1.82) is 0 Å². The number of ether oxygens (including phenoxy) is 2. The molecule has 0 aliphatic carbocycles. The molecule has 2 rings (SSSR count). The topological polar surface area (TPSA) is 50.8 Å². The molecule has 1 atom stereocenters. The minimum Gasteiger partial charge on any atom is -0.377 e. The Balaban J connectivity index is 2.00. The number of carbonyl (C=O) groups excluding carboxylic acids is 1. The molecule has 1 N–H and O–H groups in total. The lowest BCUT2D eigenvalue weighted by atomic mass is 9.89. The summed E-state index contributed by atoms with van der Waals surface area (Å²) in [6.45, 7) is 5.97. The van der Waals surface area contributed by atoms with Crippen molar-refractivity contribution < 1.29 is 14.3 Å². The zero-order chi connectivity index (χ0) is 13.7. The largest absolute Gasteiger partial charge is 0.377 e. The summed E-state index contributed by atoms with van der Waals surface area (Å²) in [5.41, 5.74) is -0.612. The van der Waals surface area contributed by atoms with Crippen LogP contribution in [0.3, 0.4) is 0 Å². The van der Waals surface area contributed by atoms with Crippen molar-refractivity contribution in [1.82, 2.24) is 10.2 Å². The van der Waals surface area contributed by atoms with Gasteiger partial charge in [-0.2, -0.15) is 0 Å². The van der Waals surface area contributed by atoms with Crippen molar-refractivity contribution in [2.75, 3.05) is 39.9 Å². The van der Waals surface area contributed by atoms with E-state index in [1.54, 1.807) is 7.11 Å². The second kappa shape index (κ2) is 6.68. The first-order valence-corrected chi connectivity index (χ1v) is 7.38. The van der Waals surface area contributed by atoms with E-state index in [0.29, 0.717) is 13.2 Å². The Labute approximate surface area is 115 Å². The van der Waals surface area contributed by atoms with Crippen LogP contribution in [0, 0.1) is 0 Å². The van der Waals surface area contributed by atoms with Crippen molar-refractivity contribution in [2.45, 2.75) is 44.3 Å². The molecular formula is C14H26N2O3. The number of likely N-dealkylation sites (tertiary alicyclic amines) is 1. The quantitative estimate of drug-likeness (QED) is 0.820. The van der Waals surface area contributed by atoms with Gasteiger partial charge in [-0.1, -0.05) is 0 Å². The predicted octanol–water partition coefficient (Wildman–Crippen LogP) is 0.783. The van der Waals surface area contributed by atoms with Crippen molar-refractivity contribution in [3.8, 4) is 0 Å². The first-order valence-electron chi connectivity index (χ1n) is 7.38. The van der Waals surface area contributed by atoms with Gasteiger partial charge in [0.1, 0.15) is 5.60 Å². The molecule has 0 radical (unpaired) electrons. The van der Waals surface area contributed by atoms with Gasteiger partial charge < -0.3 is 19.7 Å². The van der Waals surface area contributed by atoms with E-state index in [2.05, 4.69) is 5.32 Å². The summed E-state index contributed by atoms with van der Waals surface area (Å²) in [6, 6.07) is 0. The van der Waals surface area contributed by atoms with Gasteiger partial charge in [-0.3, -0.25) is 4.79 Å². The standard InChI is InChI=1S/C14H26N2O3/c1-3-19-12-5-4-10-16(11-12)13(17)14(18-2)6-8-15-9-7-14/h12,15H,3-11H2,1-2H3. The lowest BCUT2D eigenvalue weighted by molar-refractivity contribution is -0.162. The maximum absolute atomic E-state index is 12.8. The first kappa shape index (κ1) is 14.8. The summed E-state index contributed by atoms with van der Waals surface area (Å²) in [4.78, 5) is 14.7. The molecule has 0 aromatic carbocycles. The molecule has 5 heteroatoms. The molecule has 2 saturated heterocycles. The number of hydrogen-bond acceptors (Lipinski definition) is 4. The van der Waals surface area contributed by atoms with Crippen LogP contribution in [-0.2, 0) is 14.3 Å². The number of methoxy groups -OCH3 is 1. The Morgan fingerprint density at radius 3 is 2.79 bits per heavy atom. The second-order valence-corrected chi connectivity index (χ2v) is 5.42. The van der Waals surface area contributed by atoms with Gasteiger partial charge in [0.2, 0.25) is 0 Å². The molecule has 1 unspecified atom stereocenters. The Kier molecular flexibility index (Phi) is 5.19. The summed E-state index contributed by atoms with van der Waals surface area (Å²) in [7, 11) is 1.66. The van der Waals surface area contributed by atoms with Gasteiger partial charge in [0.05, 0.1) is 6.10 Å². The van der Waals surface area contributed by atoms with Crippen LogP contribution in [0.2, 0.25) is 0 Å². The van der Waals surface area contributed by atoms with Crippen LogP contribution in [0.5, 0.6) is 0 Å². The van der Waals surface area contributed by atoms with Crippen LogP contribution >= 0.6 is 0 Å². The van der Waals surface area contributed by atoms with E-state index in [-0.39, 0.29) is 12.0 Å². The number of rotatable bonds is 4. The van der Waals surface area contributed by atoms with E-state index in [4.69, 9.17) is 9.47 Å². The van der Waals surface area contributed by atoms with E-state index >= 15 is 0 Å². The Hall–Kier alpha value is -0.650. The molecule has 110 valence electrons. The lowest BCUT2D eigenvalue weighted by Gasteiger charge is -2.41. The molecule has 2 aliphatic heterocycles. The van der Waals surface area contributed by atoms with E-state index < -0.39 is 5.60 Å². The zero-order valence-electron chi connectivity index (χ0n) is 12.1. The van der Waals surface area contributed by atoms with Gasteiger partial charge in [0, 0.05) is 26.8 Å². The van der Waals surface area contributed by atoms with Crippen LogP contribution in [0.4, 0.5) is 0 Å². The molecule has 2 fully saturated rings. The van der Waals surface area contributed by atoms with Crippen molar-refractivity contribution in [2.24, 2.45) is 0 Å². The number of hydrogen-bond donors (Lipinski definition) is 1. The molecule has 2 aliphatic rings. The summed E-state index contributed by atoms with van der Waals surface area (Å²) < 4.78 is 11.3. The Morgan fingerprint density at radius 1 is 1.42 bits per heavy atom. The van der Waals surface area contributed by atoms with Crippen molar-refractivity contribution in [3.63, 3.8) is 0 Å². The molecule has 0 bridgehead atoms. The maximum atomic E-state index is 12.8. The molecule has 2 heterocycles. The van der Waals surface area contributed by atoms with Gasteiger partial charge in [-0.15, -0.1) is 0 Å². The molecule has 0 aromatic rings. The van der Waals surface area contributed by atoms with Gasteiger partial charge in [-0.05, 0) is 45.7 Å². The fraction of sp³-hybridized carbons (Fsp3) is 0.929. The first-order chi connectivity index (χ1) is 9.22. The summed E-state index contributed by atoms with van der Waals surface area (Å²) in [6.07, 6.45) is 3.79. The predicted molar refractivity (Wildman–Crippen MR) is 73.1 cm³/mol. The Bertz CT molecular complexity index is 301. The lowest BCUT2D eigenvalue weighted by Crippen LogP contribution is -2.57. The number of amides is 1. The summed E-state index contributed by atoms with van der Waals surface area (Å²) in [5, 5.41) is 3.29. The minimum absolute atomic E-state index is 0.154. The highest BCUT2D eigenvalue weighted by Gasteiger charge is 2.43. The third kappa shape index (κ3) is 3.27. The SMILES string of the molecule is CCOC1CCCN(C(=O)C2(OC)CCNCC2)C1. The monoisotopic (exact) mass is 270 g/mol. The molecule has 19 heavy (non-hydrogen) atoms. The third-order valence-electron chi connectivity index (χ3n) is 4.26. The molecular weight excluding hydrogens is 244 g/mol. The van der Waals surface area contributed by atoms with Crippen LogP contribution in [0.15, 0.2) is 0 Å².